The van der Waals surface area contributed by atoms with Crippen molar-refractivity contribution in [3.8, 4) is 0 Å². The SMILES string of the molecule is C=CCCCCCC[C@H](NC(=O)c1ccc(F)cc1F)C(N)=O. The third-order valence-electron chi connectivity index (χ3n) is 3.48. The van der Waals surface area contributed by atoms with Gasteiger partial charge in [-0.25, -0.2) is 8.78 Å². The van der Waals surface area contributed by atoms with Crippen LogP contribution in [0.15, 0.2) is 30.9 Å². The molecule has 0 aliphatic heterocycles. The molecule has 1 atom stereocenters. The maximum atomic E-state index is 13.6. The van der Waals surface area contributed by atoms with Gasteiger partial charge in [0.1, 0.15) is 17.7 Å². The highest BCUT2D eigenvalue weighted by Gasteiger charge is 2.20. The maximum Gasteiger partial charge on any atom is 0.254 e. The van der Waals surface area contributed by atoms with E-state index in [1.165, 1.54) is 0 Å². The summed E-state index contributed by atoms with van der Waals surface area (Å²) in [5.74, 6) is -3.20. The fraction of sp³-hybridized carbons (Fsp3) is 0.412. The van der Waals surface area contributed by atoms with Crippen molar-refractivity contribution >= 4 is 11.8 Å². The zero-order chi connectivity index (χ0) is 17.2. The summed E-state index contributed by atoms with van der Waals surface area (Å²) >= 11 is 0. The van der Waals surface area contributed by atoms with Gasteiger partial charge in [0, 0.05) is 6.07 Å². The van der Waals surface area contributed by atoms with Gasteiger partial charge in [-0.1, -0.05) is 25.3 Å². The molecule has 23 heavy (non-hydrogen) atoms. The van der Waals surface area contributed by atoms with Crippen LogP contribution in [0.4, 0.5) is 8.78 Å². The molecule has 0 bridgehead atoms. The Morgan fingerprint density at radius 2 is 1.91 bits per heavy atom. The van der Waals surface area contributed by atoms with E-state index in [1.807, 2.05) is 6.08 Å². The lowest BCUT2D eigenvalue weighted by atomic mass is 10.0. The summed E-state index contributed by atoms with van der Waals surface area (Å²) in [7, 11) is 0. The maximum absolute atomic E-state index is 13.6. The number of allylic oxidation sites excluding steroid dienone is 1. The molecule has 0 spiro atoms. The molecule has 0 aliphatic carbocycles. The highest BCUT2D eigenvalue weighted by Crippen LogP contribution is 2.11. The number of benzene rings is 1. The van der Waals surface area contributed by atoms with Crippen molar-refractivity contribution in [3.05, 3.63) is 48.1 Å². The van der Waals surface area contributed by atoms with Crippen LogP contribution >= 0.6 is 0 Å². The van der Waals surface area contributed by atoms with E-state index < -0.39 is 29.5 Å². The van der Waals surface area contributed by atoms with Gasteiger partial charge in [-0.3, -0.25) is 9.59 Å². The number of primary amides is 1. The number of rotatable bonds is 10. The lowest BCUT2D eigenvalue weighted by Gasteiger charge is -2.15. The Morgan fingerprint density at radius 3 is 2.52 bits per heavy atom. The number of halogens is 2. The van der Waals surface area contributed by atoms with Crippen LogP contribution in [0.2, 0.25) is 0 Å². The highest BCUT2D eigenvalue weighted by molar-refractivity contribution is 5.97. The van der Waals surface area contributed by atoms with Crippen LogP contribution in [0.3, 0.4) is 0 Å². The van der Waals surface area contributed by atoms with Crippen molar-refractivity contribution < 1.29 is 18.4 Å². The van der Waals surface area contributed by atoms with Crippen molar-refractivity contribution in [1.82, 2.24) is 5.32 Å². The predicted molar refractivity (Wildman–Crippen MR) is 84.7 cm³/mol. The van der Waals surface area contributed by atoms with Gasteiger partial charge in [0.2, 0.25) is 5.91 Å². The summed E-state index contributed by atoms with van der Waals surface area (Å²) < 4.78 is 26.4. The second-order valence-corrected chi connectivity index (χ2v) is 5.33. The summed E-state index contributed by atoms with van der Waals surface area (Å²) in [5, 5.41) is 2.40. The summed E-state index contributed by atoms with van der Waals surface area (Å²) in [6.45, 7) is 3.64. The summed E-state index contributed by atoms with van der Waals surface area (Å²) in [4.78, 5) is 23.4. The van der Waals surface area contributed by atoms with E-state index in [-0.39, 0.29) is 5.56 Å². The molecule has 4 nitrogen and oxygen atoms in total. The van der Waals surface area contributed by atoms with Gasteiger partial charge in [0.05, 0.1) is 5.56 Å². The predicted octanol–water partition coefficient (Wildman–Crippen LogP) is 3.08. The van der Waals surface area contributed by atoms with Gasteiger partial charge in [-0.2, -0.15) is 0 Å². The number of amides is 2. The quantitative estimate of drug-likeness (QED) is 0.513. The number of carbonyl (C=O) groups excluding carboxylic acids is 2. The second kappa shape index (κ2) is 9.71. The molecule has 3 N–H and O–H groups in total. The number of nitrogens with two attached hydrogens (primary N) is 1. The molecule has 2 amide bonds. The summed E-state index contributed by atoms with van der Waals surface area (Å²) in [6.07, 6.45) is 6.83. The Balaban J connectivity index is 2.53. The molecule has 1 aromatic carbocycles. The third kappa shape index (κ3) is 6.59. The molecule has 6 heteroatoms. The fourth-order valence-electron chi connectivity index (χ4n) is 2.19. The third-order valence-corrected chi connectivity index (χ3v) is 3.48. The fourth-order valence-corrected chi connectivity index (χ4v) is 2.19. The van der Waals surface area contributed by atoms with E-state index in [9.17, 15) is 18.4 Å². The monoisotopic (exact) mass is 324 g/mol. The zero-order valence-corrected chi connectivity index (χ0v) is 13.0. The number of unbranched alkanes of at least 4 members (excludes halogenated alkanes) is 4. The van der Waals surface area contributed by atoms with Gasteiger partial charge < -0.3 is 11.1 Å². The lowest BCUT2D eigenvalue weighted by Crippen LogP contribution is -2.44. The standard InChI is InChI=1S/C17H22F2N2O2/c1-2-3-4-5-6-7-8-15(16(20)22)21-17(23)13-10-9-12(18)11-14(13)19/h2,9-11,15H,1,3-8H2,(H2,20,22)(H,21,23)/t15-/m0/s1. The first-order chi connectivity index (χ1) is 11.0. The average Bonchev–Trinajstić information content (AvgIpc) is 2.49. The molecule has 126 valence electrons. The van der Waals surface area contributed by atoms with Gasteiger partial charge in [-0.05, 0) is 31.4 Å². The van der Waals surface area contributed by atoms with Crippen LogP contribution in [-0.4, -0.2) is 17.9 Å². The molecule has 1 aromatic rings. The van der Waals surface area contributed by atoms with Gasteiger partial charge in [0.25, 0.3) is 5.91 Å². The van der Waals surface area contributed by atoms with Crippen molar-refractivity contribution in [2.45, 2.75) is 44.6 Å². The zero-order valence-electron chi connectivity index (χ0n) is 13.0. The van der Waals surface area contributed by atoms with Crippen LogP contribution in [0.1, 0.15) is 48.9 Å². The second-order valence-electron chi connectivity index (χ2n) is 5.33. The lowest BCUT2D eigenvalue weighted by molar-refractivity contribution is -0.120. The minimum absolute atomic E-state index is 0.316. The topological polar surface area (TPSA) is 72.2 Å². The van der Waals surface area contributed by atoms with E-state index in [0.717, 1.165) is 44.2 Å². The Labute approximate surface area is 134 Å². The van der Waals surface area contributed by atoms with Crippen LogP contribution in [0.5, 0.6) is 0 Å². The van der Waals surface area contributed by atoms with Crippen molar-refractivity contribution in [2.75, 3.05) is 0 Å². The van der Waals surface area contributed by atoms with Crippen molar-refractivity contribution in [1.29, 1.82) is 0 Å². The van der Waals surface area contributed by atoms with Gasteiger partial charge in [-0.15, -0.1) is 6.58 Å². The Kier molecular flexibility index (Phi) is 7.94. The number of nitrogens with one attached hydrogen (secondary N) is 1. The van der Waals surface area contributed by atoms with Crippen LogP contribution in [0, 0.1) is 11.6 Å². The van der Waals surface area contributed by atoms with Crippen LogP contribution in [0.25, 0.3) is 0 Å². The first kappa shape index (κ1) is 18.8. The van der Waals surface area contributed by atoms with E-state index in [1.54, 1.807) is 0 Å². The molecule has 0 aromatic heterocycles. The highest BCUT2D eigenvalue weighted by atomic mass is 19.1. The Morgan fingerprint density at radius 1 is 1.22 bits per heavy atom. The number of hydrogen-bond acceptors (Lipinski definition) is 2. The summed E-state index contributed by atoms with van der Waals surface area (Å²) in [5.41, 5.74) is 4.95. The summed E-state index contributed by atoms with van der Waals surface area (Å²) in [6, 6.07) is 1.77. The van der Waals surface area contributed by atoms with E-state index in [0.29, 0.717) is 12.5 Å². The van der Waals surface area contributed by atoms with Gasteiger partial charge in [0.15, 0.2) is 0 Å². The normalized spacial score (nSPS) is 11.7. The Hall–Kier alpha value is -2.24. The smallest absolute Gasteiger partial charge is 0.254 e. The van der Waals surface area contributed by atoms with Crippen LogP contribution in [-0.2, 0) is 4.79 Å². The first-order valence-corrected chi connectivity index (χ1v) is 7.62. The molecule has 0 saturated carbocycles. The molecular weight excluding hydrogens is 302 g/mol. The van der Waals surface area contributed by atoms with Crippen molar-refractivity contribution in [3.63, 3.8) is 0 Å². The van der Waals surface area contributed by atoms with E-state index in [2.05, 4.69) is 11.9 Å². The Bertz CT molecular complexity index is 562. The van der Waals surface area contributed by atoms with Crippen molar-refractivity contribution in [2.24, 2.45) is 5.73 Å². The minimum atomic E-state index is -0.977. The molecule has 0 aliphatic rings. The molecule has 0 radical (unpaired) electrons. The molecule has 1 rings (SSSR count). The van der Waals surface area contributed by atoms with E-state index in [4.69, 9.17) is 5.73 Å². The average molecular weight is 324 g/mol. The van der Waals surface area contributed by atoms with Gasteiger partial charge >= 0.3 is 0 Å². The molecule has 0 unspecified atom stereocenters. The molecular formula is C17H22F2N2O2. The number of carbonyl (C=O) groups is 2. The van der Waals surface area contributed by atoms with E-state index >= 15 is 0 Å². The largest absolute Gasteiger partial charge is 0.368 e. The minimum Gasteiger partial charge on any atom is -0.368 e. The number of hydrogen-bond donors (Lipinski definition) is 2. The first-order valence-electron chi connectivity index (χ1n) is 7.62. The molecule has 0 heterocycles. The molecule has 0 saturated heterocycles. The molecule has 0 fully saturated rings. The van der Waals surface area contributed by atoms with Crippen LogP contribution < -0.4 is 11.1 Å².